The molecule has 0 aromatic rings. The van der Waals surface area contributed by atoms with E-state index >= 15 is 0 Å². The van der Waals surface area contributed by atoms with Crippen molar-refractivity contribution in [3.8, 4) is 0 Å². The number of carbonyl (C=O) groups excluding carboxylic acids is 2. The van der Waals surface area contributed by atoms with Gasteiger partial charge < -0.3 is 15.4 Å². The van der Waals surface area contributed by atoms with Gasteiger partial charge in [0.25, 0.3) is 0 Å². The largest absolute Gasteiger partial charge is 0.468 e. The Morgan fingerprint density at radius 2 is 2.38 bits per heavy atom. The van der Waals surface area contributed by atoms with Crippen LogP contribution in [-0.4, -0.2) is 37.6 Å². The van der Waals surface area contributed by atoms with Crippen LogP contribution in [0, 0.1) is 5.92 Å². The Morgan fingerprint density at radius 3 is 2.81 bits per heavy atom. The number of rotatable bonds is 4. The zero-order valence-electron chi connectivity index (χ0n) is 9.71. The standard InChI is InChI=1S/C11H18N2O3/c1-12-8(10(15)16-2)5-7-6-11(3-4-11)13-9(7)14/h7-8,12H,3-6H2,1-2H3,(H,13,14)/t7?,8-/m0/s1. The minimum Gasteiger partial charge on any atom is -0.468 e. The fourth-order valence-electron chi connectivity index (χ4n) is 2.41. The quantitative estimate of drug-likeness (QED) is 0.652. The number of hydrogen-bond acceptors (Lipinski definition) is 4. The molecule has 1 aliphatic heterocycles. The molecule has 1 heterocycles. The number of ether oxygens (including phenoxy) is 1. The summed E-state index contributed by atoms with van der Waals surface area (Å²) in [5, 5.41) is 5.92. The summed E-state index contributed by atoms with van der Waals surface area (Å²) in [6.07, 6.45) is 3.55. The Morgan fingerprint density at radius 1 is 1.69 bits per heavy atom. The summed E-state index contributed by atoms with van der Waals surface area (Å²) in [6.45, 7) is 0. The average Bonchev–Trinajstić information content (AvgIpc) is 2.94. The van der Waals surface area contributed by atoms with Crippen molar-refractivity contribution in [3.05, 3.63) is 0 Å². The van der Waals surface area contributed by atoms with Gasteiger partial charge in [-0.05, 0) is 32.7 Å². The van der Waals surface area contributed by atoms with E-state index in [1.807, 2.05) is 0 Å². The summed E-state index contributed by atoms with van der Waals surface area (Å²) in [6, 6.07) is -0.380. The van der Waals surface area contributed by atoms with E-state index in [2.05, 4.69) is 15.4 Å². The molecule has 2 aliphatic rings. The van der Waals surface area contributed by atoms with Crippen molar-refractivity contribution < 1.29 is 14.3 Å². The van der Waals surface area contributed by atoms with Gasteiger partial charge in [0.15, 0.2) is 0 Å². The molecule has 1 saturated carbocycles. The second-order valence-corrected chi connectivity index (χ2v) is 4.77. The molecule has 1 amide bonds. The first-order valence-corrected chi connectivity index (χ1v) is 5.67. The first-order chi connectivity index (χ1) is 7.60. The predicted octanol–water partition coefficient (Wildman–Crippen LogP) is -0.194. The molecule has 2 rings (SSSR count). The maximum absolute atomic E-state index is 11.7. The molecule has 0 bridgehead atoms. The second kappa shape index (κ2) is 4.05. The molecule has 1 unspecified atom stereocenters. The summed E-state index contributed by atoms with van der Waals surface area (Å²) in [5.41, 5.74) is 0.0795. The SMILES string of the molecule is CN[C@@H](CC1CC2(CC2)NC1=O)C(=O)OC. The van der Waals surface area contributed by atoms with Crippen molar-refractivity contribution >= 4 is 11.9 Å². The smallest absolute Gasteiger partial charge is 0.322 e. The highest BCUT2D eigenvalue weighted by molar-refractivity contribution is 5.84. The lowest BCUT2D eigenvalue weighted by atomic mass is 9.95. The van der Waals surface area contributed by atoms with Crippen LogP contribution >= 0.6 is 0 Å². The lowest BCUT2D eigenvalue weighted by molar-refractivity contribution is -0.143. The van der Waals surface area contributed by atoms with Gasteiger partial charge in [-0.3, -0.25) is 9.59 Å². The van der Waals surface area contributed by atoms with Crippen molar-refractivity contribution in [3.63, 3.8) is 0 Å². The zero-order valence-corrected chi connectivity index (χ0v) is 9.71. The van der Waals surface area contributed by atoms with E-state index in [-0.39, 0.29) is 29.4 Å². The Hall–Kier alpha value is -1.10. The number of carbonyl (C=O) groups is 2. The van der Waals surface area contributed by atoms with E-state index in [1.165, 1.54) is 7.11 Å². The molecule has 2 atom stereocenters. The third-order valence-electron chi connectivity index (χ3n) is 3.60. The lowest BCUT2D eigenvalue weighted by Crippen LogP contribution is -2.38. The minimum atomic E-state index is -0.380. The molecule has 2 N–H and O–H groups in total. The molecule has 1 saturated heterocycles. The van der Waals surface area contributed by atoms with E-state index in [1.54, 1.807) is 7.05 Å². The Labute approximate surface area is 94.9 Å². The van der Waals surface area contributed by atoms with Gasteiger partial charge in [0.1, 0.15) is 6.04 Å². The van der Waals surface area contributed by atoms with Crippen molar-refractivity contribution in [1.29, 1.82) is 0 Å². The highest BCUT2D eigenvalue weighted by Crippen LogP contribution is 2.46. The van der Waals surface area contributed by atoms with Gasteiger partial charge in [0.2, 0.25) is 5.91 Å². The summed E-state index contributed by atoms with van der Waals surface area (Å²) < 4.78 is 4.68. The van der Waals surface area contributed by atoms with Crippen LogP contribution in [0.1, 0.15) is 25.7 Å². The van der Waals surface area contributed by atoms with E-state index in [0.29, 0.717) is 6.42 Å². The van der Waals surface area contributed by atoms with Gasteiger partial charge >= 0.3 is 5.97 Å². The van der Waals surface area contributed by atoms with Crippen LogP contribution in [0.15, 0.2) is 0 Å². The topological polar surface area (TPSA) is 67.4 Å². The van der Waals surface area contributed by atoms with Crippen molar-refractivity contribution in [2.45, 2.75) is 37.3 Å². The van der Waals surface area contributed by atoms with Gasteiger partial charge in [-0.2, -0.15) is 0 Å². The fourth-order valence-corrected chi connectivity index (χ4v) is 2.41. The van der Waals surface area contributed by atoms with Gasteiger partial charge in [0, 0.05) is 11.5 Å². The predicted molar refractivity (Wildman–Crippen MR) is 57.7 cm³/mol. The molecule has 1 aliphatic carbocycles. The van der Waals surface area contributed by atoms with Crippen LogP contribution < -0.4 is 10.6 Å². The lowest BCUT2D eigenvalue weighted by Gasteiger charge is -2.16. The van der Waals surface area contributed by atoms with Gasteiger partial charge in [-0.1, -0.05) is 0 Å². The van der Waals surface area contributed by atoms with Crippen LogP contribution in [0.4, 0.5) is 0 Å². The third kappa shape index (κ3) is 2.04. The first kappa shape index (κ1) is 11.4. The van der Waals surface area contributed by atoms with Gasteiger partial charge in [-0.15, -0.1) is 0 Å². The van der Waals surface area contributed by atoms with Crippen molar-refractivity contribution in [2.24, 2.45) is 5.92 Å². The highest BCUT2D eigenvalue weighted by atomic mass is 16.5. The molecule has 0 aromatic heterocycles. The monoisotopic (exact) mass is 226 g/mol. The molecular formula is C11H18N2O3. The minimum absolute atomic E-state index is 0.0564. The maximum atomic E-state index is 11.7. The molecule has 5 heteroatoms. The summed E-state index contributed by atoms with van der Waals surface area (Å²) in [4.78, 5) is 23.1. The Kier molecular flexibility index (Phi) is 2.88. The van der Waals surface area contributed by atoms with Crippen molar-refractivity contribution in [2.75, 3.05) is 14.2 Å². The van der Waals surface area contributed by atoms with Crippen LogP contribution in [0.5, 0.6) is 0 Å². The normalized spacial score (nSPS) is 27.6. The van der Waals surface area contributed by atoms with Crippen LogP contribution in [-0.2, 0) is 14.3 Å². The van der Waals surface area contributed by atoms with Crippen molar-refractivity contribution in [1.82, 2.24) is 10.6 Å². The Bertz CT molecular complexity index is 312. The highest BCUT2D eigenvalue weighted by Gasteiger charge is 2.52. The summed E-state index contributed by atoms with van der Waals surface area (Å²) in [7, 11) is 3.07. The average molecular weight is 226 g/mol. The van der Waals surface area contributed by atoms with E-state index in [4.69, 9.17) is 0 Å². The van der Waals surface area contributed by atoms with Gasteiger partial charge in [-0.25, -0.2) is 0 Å². The third-order valence-corrected chi connectivity index (χ3v) is 3.60. The molecule has 0 radical (unpaired) electrons. The van der Waals surface area contributed by atoms with Gasteiger partial charge in [0.05, 0.1) is 7.11 Å². The molecule has 2 fully saturated rings. The molecule has 0 aromatic carbocycles. The number of esters is 1. The molecule has 16 heavy (non-hydrogen) atoms. The summed E-state index contributed by atoms with van der Waals surface area (Å²) in [5.74, 6) is -0.271. The van der Waals surface area contributed by atoms with Crippen LogP contribution in [0.25, 0.3) is 0 Å². The number of nitrogens with one attached hydrogen (secondary N) is 2. The van der Waals surface area contributed by atoms with E-state index in [9.17, 15) is 9.59 Å². The molecule has 1 spiro atoms. The van der Waals surface area contributed by atoms with Crippen LogP contribution in [0.2, 0.25) is 0 Å². The number of hydrogen-bond donors (Lipinski definition) is 2. The second-order valence-electron chi connectivity index (χ2n) is 4.77. The number of likely N-dealkylation sites (N-methyl/N-ethyl adjacent to an activating group) is 1. The molecule has 5 nitrogen and oxygen atoms in total. The molecular weight excluding hydrogens is 208 g/mol. The number of amides is 1. The Balaban J connectivity index is 1.93. The summed E-state index contributed by atoms with van der Waals surface area (Å²) >= 11 is 0. The molecule has 90 valence electrons. The first-order valence-electron chi connectivity index (χ1n) is 5.67. The maximum Gasteiger partial charge on any atom is 0.322 e. The zero-order chi connectivity index (χ0) is 11.8. The van der Waals surface area contributed by atoms with Crippen LogP contribution in [0.3, 0.4) is 0 Å². The van der Waals surface area contributed by atoms with E-state index in [0.717, 1.165) is 19.3 Å². The fraction of sp³-hybridized carbons (Fsp3) is 0.818. The number of methoxy groups -OCH3 is 1. The van der Waals surface area contributed by atoms with E-state index < -0.39 is 0 Å².